The number of anilines is 1. The van der Waals surface area contributed by atoms with Crippen molar-refractivity contribution in [2.45, 2.75) is 32.6 Å². The van der Waals surface area contributed by atoms with Crippen molar-refractivity contribution in [1.29, 1.82) is 0 Å². The van der Waals surface area contributed by atoms with Gasteiger partial charge in [-0.3, -0.25) is 0 Å². The molecule has 1 aliphatic rings. The monoisotopic (exact) mass is 205 g/mol. The molecule has 0 unspecified atom stereocenters. The van der Waals surface area contributed by atoms with E-state index in [1.165, 1.54) is 16.8 Å². The average molecular weight is 205 g/mol. The maximum absolute atomic E-state index is 9.29. The summed E-state index contributed by atoms with van der Waals surface area (Å²) in [6, 6.07) is 6.66. The van der Waals surface area contributed by atoms with Crippen molar-refractivity contribution in [2.24, 2.45) is 0 Å². The molecule has 82 valence electrons. The first kappa shape index (κ1) is 10.5. The highest BCUT2D eigenvalue weighted by atomic mass is 16.3. The van der Waals surface area contributed by atoms with Crippen LogP contribution in [0, 0.1) is 0 Å². The SMILES string of the molecule is CC(C)c1ccc2c(c1)N(CO)CCC2. The lowest BCUT2D eigenvalue weighted by atomic mass is 9.95. The Hall–Kier alpha value is -1.02. The molecule has 2 heteroatoms. The van der Waals surface area contributed by atoms with Gasteiger partial charge in [-0.2, -0.15) is 0 Å². The molecule has 0 aromatic heterocycles. The smallest absolute Gasteiger partial charge is 0.115 e. The zero-order valence-electron chi connectivity index (χ0n) is 9.53. The summed E-state index contributed by atoms with van der Waals surface area (Å²) in [4.78, 5) is 2.06. The van der Waals surface area contributed by atoms with Crippen molar-refractivity contribution in [1.82, 2.24) is 0 Å². The van der Waals surface area contributed by atoms with E-state index in [0.29, 0.717) is 5.92 Å². The minimum absolute atomic E-state index is 0.133. The lowest BCUT2D eigenvalue weighted by molar-refractivity contribution is 0.288. The average Bonchev–Trinajstić information content (AvgIpc) is 2.27. The Kier molecular flexibility index (Phi) is 2.96. The van der Waals surface area contributed by atoms with Crippen molar-refractivity contribution in [3.63, 3.8) is 0 Å². The quantitative estimate of drug-likeness (QED) is 0.802. The molecular weight excluding hydrogens is 186 g/mol. The second-order valence-corrected chi connectivity index (χ2v) is 4.55. The van der Waals surface area contributed by atoms with E-state index in [1.807, 2.05) is 0 Å². The fraction of sp³-hybridized carbons (Fsp3) is 0.538. The molecule has 1 aromatic rings. The number of aliphatic hydroxyl groups is 1. The molecule has 1 aliphatic heterocycles. The van der Waals surface area contributed by atoms with Crippen LogP contribution in [0.3, 0.4) is 0 Å². The van der Waals surface area contributed by atoms with E-state index in [2.05, 4.69) is 36.9 Å². The van der Waals surface area contributed by atoms with Crippen molar-refractivity contribution < 1.29 is 5.11 Å². The summed E-state index contributed by atoms with van der Waals surface area (Å²) in [6.45, 7) is 5.52. The Bertz CT molecular complexity index is 346. The molecule has 0 bridgehead atoms. The minimum atomic E-state index is 0.133. The fourth-order valence-corrected chi connectivity index (χ4v) is 2.17. The van der Waals surface area contributed by atoms with E-state index in [9.17, 15) is 5.11 Å². The summed E-state index contributed by atoms with van der Waals surface area (Å²) < 4.78 is 0. The Morgan fingerprint density at radius 3 is 2.87 bits per heavy atom. The molecule has 15 heavy (non-hydrogen) atoms. The molecular formula is C13H19NO. The zero-order chi connectivity index (χ0) is 10.8. The Morgan fingerprint density at radius 1 is 1.40 bits per heavy atom. The Balaban J connectivity index is 2.39. The van der Waals surface area contributed by atoms with Crippen molar-refractivity contribution in [2.75, 3.05) is 18.2 Å². The highest BCUT2D eigenvalue weighted by Crippen LogP contribution is 2.29. The highest BCUT2D eigenvalue weighted by molar-refractivity contribution is 5.57. The largest absolute Gasteiger partial charge is 0.376 e. The number of hydrogen-bond acceptors (Lipinski definition) is 2. The van der Waals surface area contributed by atoms with E-state index < -0.39 is 0 Å². The van der Waals surface area contributed by atoms with Gasteiger partial charge in [0.15, 0.2) is 0 Å². The van der Waals surface area contributed by atoms with E-state index in [-0.39, 0.29) is 6.73 Å². The first-order valence-electron chi connectivity index (χ1n) is 5.71. The van der Waals surface area contributed by atoms with Crippen LogP contribution in [-0.2, 0) is 6.42 Å². The Labute approximate surface area is 91.5 Å². The van der Waals surface area contributed by atoms with Gasteiger partial charge in [0, 0.05) is 12.2 Å². The molecule has 1 heterocycles. The summed E-state index contributed by atoms with van der Waals surface area (Å²) in [5.74, 6) is 0.553. The van der Waals surface area contributed by atoms with Crippen LogP contribution in [0.5, 0.6) is 0 Å². The number of hydrogen-bond donors (Lipinski definition) is 1. The van der Waals surface area contributed by atoms with Gasteiger partial charge in [-0.25, -0.2) is 0 Å². The second kappa shape index (κ2) is 4.23. The van der Waals surface area contributed by atoms with Gasteiger partial charge >= 0.3 is 0 Å². The van der Waals surface area contributed by atoms with Crippen LogP contribution < -0.4 is 4.90 Å². The number of aryl methyl sites for hydroxylation is 1. The number of nitrogens with zero attached hydrogens (tertiary/aromatic N) is 1. The molecule has 2 nitrogen and oxygen atoms in total. The third kappa shape index (κ3) is 2.00. The lowest BCUT2D eigenvalue weighted by Gasteiger charge is -2.30. The van der Waals surface area contributed by atoms with Gasteiger partial charge in [0.1, 0.15) is 6.73 Å². The third-order valence-corrected chi connectivity index (χ3v) is 3.16. The molecule has 0 saturated carbocycles. The molecule has 0 aliphatic carbocycles. The second-order valence-electron chi connectivity index (χ2n) is 4.55. The first-order valence-corrected chi connectivity index (χ1v) is 5.71. The molecule has 2 rings (SSSR count). The van der Waals surface area contributed by atoms with Crippen LogP contribution in [0.1, 0.15) is 37.3 Å². The van der Waals surface area contributed by atoms with Crippen LogP contribution in [0.15, 0.2) is 18.2 Å². The van der Waals surface area contributed by atoms with Crippen LogP contribution >= 0.6 is 0 Å². The van der Waals surface area contributed by atoms with Crippen LogP contribution in [0.25, 0.3) is 0 Å². The number of benzene rings is 1. The van der Waals surface area contributed by atoms with Crippen LogP contribution in [0.4, 0.5) is 5.69 Å². The van der Waals surface area contributed by atoms with Gasteiger partial charge in [0.05, 0.1) is 0 Å². The predicted octanol–water partition coefficient (Wildman–Crippen LogP) is 2.51. The van der Waals surface area contributed by atoms with Gasteiger partial charge in [-0.15, -0.1) is 0 Å². The number of fused-ring (bicyclic) bond motifs is 1. The maximum atomic E-state index is 9.29. The molecule has 0 saturated heterocycles. The summed E-state index contributed by atoms with van der Waals surface area (Å²) >= 11 is 0. The van der Waals surface area contributed by atoms with E-state index in [0.717, 1.165) is 19.4 Å². The van der Waals surface area contributed by atoms with Crippen molar-refractivity contribution in [3.05, 3.63) is 29.3 Å². The molecule has 0 radical (unpaired) electrons. The standard InChI is InChI=1S/C13H19NO/c1-10(2)12-6-5-11-4-3-7-14(9-15)13(11)8-12/h5-6,8,10,15H,3-4,7,9H2,1-2H3. The molecule has 0 atom stereocenters. The lowest BCUT2D eigenvalue weighted by Crippen LogP contribution is -2.30. The normalized spacial score (nSPS) is 15.6. The fourth-order valence-electron chi connectivity index (χ4n) is 2.17. The maximum Gasteiger partial charge on any atom is 0.115 e. The summed E-state index contributed by atoms with van der Waals surface area (Å²) in [5, 5.41) is 9.29. The van der Waals surface area contributed by atoms with Crippen molar-refractivity contribution >= 4 is 5.69 Å². The third-order valence-electron chi connectivity index (χ3n) is 3.16. The number of rotatable bonds is 2. The van der Waals surface area contributed by atoms with Gasteiger partial charge in [-0.05, 0) is 36.0 Å². The molecule has 0 amide bonds. The summed E-state index contributed by atoms with van der Waals surface area (Å²) in [5.41, 5.74) is 3.96. The Morgan fingerprint density at radius 2 is 2.20 bits per heavy atom. The van der Waals surface area contributed by atoms with E-state index in [1.54, 1.807) is 0 Å². The topological polar surface area (TPSA) is 23.5 Å². The molecule has 1 N–H and O–H groups in total. The van der Waals surface area contributed by atoms with Gasteiger partial charge in [0.2, 0.25) is 0 Å². The minimum Gasteiger partial charge on any atom is -0.376 e. The van der Waals surface area contributed by atoms with Crippen LogP contribution in [-0.4, -0.2) is 18.4 Å². The van der Waals surface area contributed by atoms with Crippen LogP contribution in [0.2, 0.25) is 0 Å². The molecule has 0 fully saturated rings. The van der Waals surface area contributed by atoms with Crippen molar-refractivity contribution in [3.8, 4) is 0 Å². The molecule has 0 spiro atoms. The summed E-state index contributed by atoms with van der Waals surface area (Å²) in [7, 11) is 0. The predicted molar refractivity (Wildman–Crippen MR) is 63.3 cm³/mol. The number of aliphatic hydroxyl groups excluding tert-OH is 1. The van der Waals surface area contributed by atoms with Gasteiger partial charge in [0.25, 0.3) is 0 Å². The van der Waals surface area contributed by atoms with Gasteiger partial charge in [-0.1, -0.05) is 26.0 Å². The highest BCUT2D eigenvalue weighted by Gasteiger charge is 2.16. The molecule has 1 aromatic carbocycles. The summed E-state index contributed by atoms with van der Waals surface area (Å²) in [6.07, 6.45) is 2.29. The first-order chi connectivity index (χ1) is 7.22. The van der Waals surface area contributed by atoms with E-state index >= 15 is 0 Å². The van der Waals surface area contributed by atoms with E-state index in [4.69, 9.17) is 0 Å². The zero-order valence-corrected chi connectivity index (χ0v) is 9.53. The van der Waals surface area contributed by atoms with Gasteiger partial charge < -0.3 is 10.0 Å².